The Bertz CT molecular complexity index is 1050. The van der Waals surface area contributed by atoms with E-state index in [1.807, 2.05) is 6.92 Å². The number of fused-ring (bicyclic) bond motifs is 1. The molecule has 0 aliphatic carbocycles. The summed E-state index contributed by atoms with van der Waals surface area (Å²) in [6, 6.07) is 11.1. The lowest BCUT2D eigenvalue weighted by Gasteiger charge is -2.18. The van der Waals surface area contributed by atoms with Gasteiger partial charge in [-0.3, -0.25) is 14.3 Å². The van der Waals surface area contributed by atoms with E-state index in [1.165, 1.54) is 24.1 Å². The zero-order valence-corrected chi connectivity index (χ0v) is 15.1. The Morgan fingerprint density at radius 1 is 1.27 bits per heavy atom. The largest absolute Gasteiger partial charge is 0.336 e. The fourth-order valence-corrected chi connectivity index (χ4v) is 2.95. The summed E-state index contributed by atoms with van der Waals surface area (Å²) >= 11 is 6.00. The lowest BCUT2D eigenvalue weighted by Crippen LogP contribution is -2.33. The van der Waals surface area contributed by atoms with E-state index in [4.69, 9.17) is 11.6 Å². The van der Waals surface area contributed by atoms with Gasteiger partial charge in [0, 0.05) is 30.7 Å². The summed E-state index contributed by atoms with van der Waals surface area (Å²) in [6.07, 6.45) is 0. The van der Waals surface area contributed by atoms with Gasteiger partial charge in [-0.15, -0.1) is 0 Å². The maximum absolute atomic E-state index is 13.8. The van der Waals surface area contributed by atoms with E-state index in [9.17, 15) is 14.0 Å². The maximum atomic E-state index is 13.8. The monoisotopic (exact) mass is 373 g/mol. The number of amides is 1. The molecule has 7 heteroatoms. The van der Waals surface area contributed by atoms with Crippen LogP contribution in [0.2, 0.25) is 5.02 Å². The van der Waals surface area contributed by atoms with E-state index in [1.54, 1.807) is 35.0 Å². The highest BCUT2D eigenvalue weighted by molar-refractivity contribution is 6.31. The minimum Gasteiger partial charge on any atom is -0.336 e. The standard InChI is InChI=1S/C19H17ClFN3O2/c1-3-24-16-9-8-13(20)10-14(16)18(25)17(22-24)19(26)23(2)11-12-6-4-5-7-15(12)21/h4-10H,3,11H2,1-2H3. The Balaban J connectivity index is 2.04. The third-order valence-electron chi connectivity index (χ3n) is 4.13. The van der Waals surface area contributed by atoms with Crippen LogP contribution in [0.3, 0.4) is 0 Å². The smallest absolute Gasteiger partial charge is 0.278 e. The number of rotatable bonds is 4. The molecule has 3 aromatic rings. The highest BCUT2D eigenvalue weighted by Crippen LogP contribution is 2.17. The van der Waals surface area contributed by atoms with E-state index in [2.05, 4.69) is 5.10 Å². The predicted octanol–water partition coefficient (Wildman–Crippen LogP) is 3.48. The number of nitrogens with zero attached hydrogens (tertiary/aromatic N) is 3. The van der Waals surface area contributed by atoms with Gasteiger partial charge in [0.2, 0.25) is 5.43 Å². The third kappa shape index (κ3) is 3.32. The molecule has 0 bridgehead atoms. The SMILES string of the molecule is CCn1nc(C(=O)N(C)Cc2ccccc2F)c(=O)c2cc(Cl)ccc21. The molecule has 0 aliphatic rings. The molecular weight excluding hydrogens is 357 g/mol. The van der Waals surface area contributed by atoms with Crippen LogP contribution in [0.4, 0.5) is 4.39 Å². The number of aromatic nitrogens is 2. The number of aryl methyl sites for hydroxylation is 1. The molecule has 0 atom stereocenters. The summed E-state index contributed by atoms with van der Waals surface area (Å²) in [4.78, 5) is 26.8. The number of carbonyl (C=O) groups excluding carboxylic acids is 1. The number of halogens is 2. The third-order valence-corrected chi connectivity index (χ3v) is 4.37. The Hall–Kier alpha value is -2.73. The Labute approximate surface area is 154 Å². The molecule has 0 aliphatic heterocycles. The molecule has 1 amide bonds. The number of carbonyl (C=O) groups is 1. The molecule has 1 aromatic heterocycles. The highest BCUT2D eigenvalue weighted by atomic mass is 35.5. The first-order valence-corrected chi connectivity index (χ1v) is 8.49. The Morgan fingerprint density at radius 2 is 2.00 bits per heavy atom. The molecular formula is C19H17ClFN3O2. The second-order valence-electron chi connectivity index (χ2n) is 5.91. The van der Waals surface area contributed by atoms with Gasteiger partial charge in [0.05, 0.1) is 10.9 Å². The first-order chi connectivity index (χ1) is 12.4. The van der Waals surface area contributed by atoms with Crippen molar-refractivity contribution in [2.24, 2.45) is 0 Å². The summed E-state index contributed by atoms with van der Waals surface area (Å²) < 4.78 is 15.4. The maximum Gasteiger partial charge on any atom is 0.278 e. The summed E-state index contributed by atoms with van der Waals surface area (Å²) in [7, 11) is 1.51. The summed E-state index contributed by atoms with van der Waals surface area (Å²) in [5, 5.41) is 4.94. The average Bonchev–Trinajstić information content (AvgIpc) is 2.63. The van der Waals surface area contributed by atoms with Crippen molar-refractivity contribution in [3.8, 4) is 0 Å². The molecule has 0 fully saturated rings. The molecule has 3 rings (SSSR count). The molecule has 0 spiro atoms. The van der Waals surface area contributed by atoms with Gasteiger partial charge in [-0.25, -0.2) is 4.39 Å². The molecule has 0 saturated heterocycles. The topological polar surface area (TPSA) is 55.2 Å². The van der Waals surface area contributed by atoms with Crippen LogP contribution in [0.1, 0.15) is 23.0 Å². The van der Waals surface area contributed by atoms with E-state index in [0.29, 0.717) is 28.0 Å². The molecule has 1 heterocycles. The summed E-state index contributed by atoms with van der Waals surface area (Å²) in [5.74, 6) is -0.973. The van der Waals surface area contributed by atoms with Crippen LogP contribution in [-0.4, -0.2) is 27.6 Å². The lowest BCUT2D eigenvalue weighted by atomic mass is 10.1. The minimum absolute atomic E-state index is 0.0341. The normalized spacial score (nSPS) is 10.9. The number of hydrogen-bond donors (Lipinski definition) is 0. The number of benzene rings is 2. The van der Waals surface area contributed by atoms with Gasteiger partial charge in [0.25, 0.3) is 5.91 Å². The van der Waals surface area contributed by atoms with E-state index in [0.717, 1.165) is 0 Å². The lowest BCUT2D eigenvalue weighted by molar-refractivity contribution is 0.0774. The molecule has 0 saturated carbocycles. The first kappa shape index (κ1) is 18.1. The van der Waals surface area contributed by atoms with Gasteiger partial charge in [-0.2, -0.15) is 5.10 Å². The zero-order valence-electron chi connectivity index (χ0n) is 14.4. The van der Waals surface area contributed by atoms with Crippen molar-refractivity contribution in [2.75, 3.05) is 7.05 Å². The predicted molar refractivity (Wildman–Crippen MR) is 98.9 cm³/mol. The van der Waals surface area contributed by atoms with Crippen molar-refractivity contribution in [2.45, 2.75) is 20.0 Å². The number of hydrogen-bond acceptors (Lipinski definition) is 3. The fourth-order valence-electron chi connectivity index (χ4n) is 2.78. The van der Waals surface area contributed by atoms with Gasteiger partial charge in [-0.05, 0) is 31.2 Å². The highest BCUT2D eigenvalue weighted by Gasteiger charge is 2.21. The van der Waals surface area contributed by atoms with Gasteiger partial charge < -0.3 is 4.90 Å². The van der Waals surface area contributed by atoms with Crippen molar-refractivity contribution in [1.82, 2.24) is 14.7 Å². The molecule has 0 N–H and O–H groups in total. The van der Waals surface area contributed by atoms with Crippen LogP contribution in [0.25, 0.3) is 10.9 Å². The van der Waals surface area contributed by atoms with Crippen LogP contribution in [0.15, 0.2) is 47.3 Å². The summed E-state index contributed by atoms with van der Waals surface area (Å²) in [5.41, 5.74) is 0.274. The van der Waals surface area contributed by atoms with Gasteiger partial charge in [0.15, 0.2) is 5.69 Å². The van der Waals surface area contributed by atoms with E-state index in [-0.39, 0.29) is 12.2 Å². The fraction of sp³-hybridized carbons (Fsp3) is 0.211. The van der Waals surface area contributed by atoms with Gasteiger partial charge >= 0.3 is 0 Å². The summed E-state index contributed by atoms with van der Waals surface area (Å²) in [6.45, 7) is 2.38. The van der Waals surface area contributed by atoms with Crippen LogP contribution in [-0.2, 0) is 13.1 Å². The molecule has 0 unspecified atom stereocenters. The molecule has 2 aromatic carbocycles. The molecule has 26 heavy (non-hydrogen) atoms. The molecule has 5 nitrogen and oxygen atoms in total. The minimum atomic E-state index is -0.567. The van der Waals surface area contributed by atoms with Crippen molar-refractivity contribution < 1.29 is 9.18 Å². The average molecular weight is 374 g/mol. The van der Waals surface area contributed by atoms with Crippen molar-refractivity contribution in [3.05, 3.63) is 74.8 Å². The van der Waals surface area contributed by atoms with Crippen LogP contribution < -0.4 is 5.43 Å². The Kier molecular flexibility index (Phi) is 5.04. The van der Waals surface area contributed by atoms with Crippen LogP contribution >= 0.6 is 11.6 Å². The molecule has 0 radical (unpaired) electrons. The van der Waals surface area contributed by atoms with Crippen molar-refractivity contribution >= 4 is 28.4 Å². The Morgan fingerprint density at radius 3 is 2.69 bits per heavy atom. The van der Waals surface area contributed by atoms with E-state index >= 15 is 0 Å². The van der Waals surface area contributed by atoms with E-state index < -0.39 is 17.2 Å². The zero-order chi connectivity index (χ0) is 18.8. The second-order valence-corrected chi connectivity index (χ2v) is 6.34. The van der Waals surface area contributed by atoms with Crippen molar-refractivity contribution in [1.29, 1.82) is 0 Å². The first-order valence-electron chi connectivity index (χ1n) is 8.11. The van der Waals surface area contributed by atoms with Gasteiger partial charge in [0.1, 0.15) is 5.82 Å². The quantitative estimate of drug-likeness (QED) is 0.703. The second kappa shape index (κ2) is 7.25. The van der Waals surface area contributed by atoms with Crippen LogP contribution in [0.5, 0.6) is 0 Å². The van der Waals surface area contributed by atoms with Crippen molar-refractivity contribution in [3.63, 3.8) is 0 Å². The molecule has 134 valence electrons. The van der Waals surface area contributed by atoms with Crippen LogP contribution in [0, 0.1) is 5.82 Å². The van der Waals surface area contributed by atoms with Gasteiger partial charge in [-0.1, -0.05) is 29.8 Å².